The van der Waals surface area contributed by atoms with Crippen LogP contribution in [0.4, 0.5) is 5.13 Å². The number of nitrogens with one attached hydrogen (secondary N) is 1. The fourth-order valence-electron chi connectivity index (χ4n) is 2.71. The van der Waals surface area contributed by atoms with E-state index in [-0.39, 0.29) is 0 Å². The zero-order valence-electron chi connectivity index (χ0n) is 16.1. The highest BCUT2D eigenvalue weighted by Gasteiger charge is 2.08. The molecule has 0 aliphatic heterocycles. The molecule has 0 amide bonds. The van der Waals surface area contributed by atoms with Gasteiger partial charge in [-0.15, -0.1) is 11.3 Å². The summed E-state index contributed by atoms with van der Waals surface area (Å²) in [7, 11) is 0. The lowest BCUT2D eigenvalue weighted by Crippen LogP contribution is -1.95. The van der Waals surface area contributed by atoms with Gasteiger partial charge in [-0.2, -0.15) is 5.10 Å². The van der Waals surface area contributed by atoms with E-state index in [9.17, 15) is 0 Å². The first kappa shape index (κ1) is 21.7. The summed E-state index contributed by atoms with van der Waals surface area (Å²) >= 11 is 19.5. The molecular weight excluding hydrogens is 473 g/mol. The van der Waals surface area contributed by atoms with Crippen molar-refractivity contribution in [2.75, 3.05) is 5.43 Å². The van der Waals surface area contributed by atoms with E-state index in [1.165, 1.54) is 11.3 Å². The summed E-state index contributed by atoms with van der Waals surface area (Å²) in [5.41, 5.74) is 6.53. The summed E-state index contributed by atoms with van der Waals surface area (Å²) < 4.78 is 5.79. The van der Waals surface area contributed by atoms with Crippen LogP contribution in [0.2, 0.25) is 15.1 Å². The Kier molecular flexibility index (Phi) is 7.10. The van der Waals surface area contributed by atoms with Gasteiger partial charge in [0.1, 0.15) is 12.4 Å². The number of thiazole rings is 1. The highest BCUT2D eigenvalue weighted by Crippen LogP contribution is 2.32. The van der Waals surface area contributed by atoms with E-state index in [0.717, 1.165) is 28.1 Å². The molecule has 1 heterocycles. The Bertz CT molecular complexity index is 1190. The van der Waals surface area contributed by atoms with Crippen molar-refractivity contribution < 1.29 is 4.74 Å². The molecule has 31 heavy (non-hydrogen) atoms. The Morgan fingerprint density at radius 1 is 0.935 bits per heavy atom. The van der Waals surface area contributed by atoms with Crippen LogP contribution in [0.1, 0.15) is 11.1 Å². The summed E-state index contributed by atoms with van der Waals surface area (Å²) in [4.78, 5) is 4.51. The van der Waals surface area contributed by atoms with Gasteiger partial charge in [-0.25, -0.2) is 4.98 Å². The van der Waals surface area contributed by atoms with Crippen LogP contribution >= 0.6 is 46.1 Å². The van der Waals surface area contributed by atoms with Crippen molar-refractivity contribution in [2.45, 2.75) is 6.61 Å². The molecule has 8 heteroatoms. The average Bonchev–Trinajstić information content (AvgIpc) is 3.23. The monoisotopic (exact) mass is 487 g/mol. The minimum Gasteiger partial charge on any atom is -0.489 e. The SMILES string of the molecule is Clc1ccc(COc2ccc(C=NNc3nc(-c4ccc(Cl)cc4Cl)cs3)cc2)cc1. The maximum absolute atomic E-state index is 6.25. The molecule has 4 nitrogen and oxygen atoms in total. The second kappa shape index (κ2) is 10.2. The fourth-order valence-corrected chi connectivity index (χ4v) is 4.00. The first-order valence-corrected chi connectivity index (χ1v) is 11.3. The molecule has 0 fully saturated rings. The minimum absolute atomic E-state index is 0.482. The number of rotatable bonds is 7. The van der Waals surface area contributed by atoms with Crippen LogP contribution < -0.4 is 10.2 Å². The van der Waals surface area contributed by atoms with Gasteiger partial charge in [0.25, 0.3) is 0 Å². The van der Waals surface area contributed by atoms with E-state index in [4.69, 9.17) is 39.5 Å². The lowest BCUT2D eigenvalue weighted by molar-refractivity contribution is 0.306. The molecule has 0 saturated heterocycles. The molecule has 0 atom stereocenters. The first-order valence-electron chi connectivity index (χ1n) is 9.24. The van der Waals surface area contributed by atoms with Crippen molar-refractivity contribution in [1.29, 1.82) is 0 Å². The van der Waals surface area contributed by atoms with E-state index < -0.39 is 0 Å². The number of ether oxygens (including phenoxy) is 1. The third kappa shape index (κ3) is 5.99. The van der Waals surface area contributed by atoms with Crippen molar-refractivity contribution in [2.24, 2.45) is 5.10 Å². The van der Waals surface area contributed by atoms with Crippen molar-refractivity contribution in [3.8, 4) is 17.0 Å². The van der Waals surface area contributed by atoms with Crippen LogP contribution in [0.5, 0.6) is 5.75 Å². The van der Waals surface area contributed by atoms with Gasteiger partial charge in [0.05, 0.1) is 16.9 Å². The average molecular weight is 489 g/mol. The van der Waals surface area contributed by atoms with Gasteiger partial charge < -0.3 is 4.74 Å². The highest BCUT2D eigenvalue weighted by molar-refractivity contribution is 7.14. The Balaban J connectivity index is 1.32. The Hall–Kier alpha value is -2.57. The van der Waals surface area contributed by atoms with Crippen LogP contribution in [0.3, 0.4) is 0 Å². The fraction of sp³-hybridized carbons (Fsp3) is 0.0435. The lowest BCUT2D eigenvalue weighted by atomic mass is 10.2. The lowest BCUT2D eigenvalue weighted by Gasteiger charge is -2.06. The molecule has 3 aromatic carbocycles. The summed E-state index contributed by atoms with van der Waals surface area (Å²) in [5, 5.41) is 8.70. The van der Waals surface area contributed by atoms with E-state index in [1.807, 2.05) is 60.0 Å². The van der Waals surface area contributed by atoms with Gasteiger partial charge in [0, 0.05) is 21.0 Å². The predicted octanol–water partition coefficient (Wildman–Crippen LogP) is 7.80. The normalized spacial score (nSPS) is 11.1. The van der Waals surface area contributed by atoms with Gasteiger partial charge in [0.2, 0.25) is 5.13 Å². The minimum atomic E-state index is 0.482. The topological polar surface area (TPSA) is 46.5 Å². The largest absolute Gasteiger partial charge is 0.489 e. The van der Waals surface area contributed by atoms with Crippen molar-refractivity contribution in [3.63, 3.8) is 0 Å². The second-order valence-corrected chi connectivity index (χ2v) is 8.65. The summed E-state index contributed by atoms with van der Waals surface area (Å²) in [6.45, 7) is 0.482. The van der Waals surface area contributed by atoms with E-state index in [2.05, 4.69) is 15.5 Å². The molecule has 0 unspecified atom stereocenters. The molecule has 4 aromatic rings. The number of halogens is 3. The zero-order valence-corrected chi connectivity index (χ0v) is 19.1. The quantitative estimate of drug-likeness (QED) is 0.213. The molecule has 4 rings (SSSR count). The molecule has 0 saturated carbocycles. The van der Waals surface area contributed by atoms with Crippen LogP contribution in [-0.2, 0) is 6.61 Å². The molecule has 0 spiro atoms. The zero-order chi connectivity index (χ0) is 21.6. The van der Waals surface area contributed by atoms with Crippen LogP contribution in [0.25, 0.3) is 11.3 Å². The van der Waals surface area contributed by atoms with E-state index >= 15 is 0 Å². The van der Waals surface area contributed by atoms with Crippen LogP contribution in [-0.4, -0.2) is 11.2 Å². The number of hydrogen-bond acceptors (Lipinski definition) is 5. The van der Waals surface area contributed by atoms with Crippen LogP contribution in [0.15, 0.2) is 77.2 Å². The van der Waals surface area contributed by atoms with Gasteiger partial charge in [-0.1, -0.05) is 46.9 Å². The summed E-state index contributed by atoms with van der Waals surface area (Å²) in [6, 6.07) is 20.6. The Morgan fingerprint density at radius 3 is 2.42 bits per heavy atom. The number of anilines is 1. The molecule has 156 valence electrons. The number of hydrazone groups is 1. The Morgan fingerprint density at radius 2 is 1.68 bits per heavy atom. The number of nitrogens with zero attached hydrogens (tertiary/aromatic N) is 2. The highest BCUT2D eigenvalue weighted by atomic mass is 35.5. The standard InChI is InChI=1S/C23H16Cl3N3OS/c24-17-5-1-16(2-6-17)13-30-19-8-3-15(4-9-19)12-27-29-23-28-22(14-31-23)20-10-7-18(25)11-21(20)26/h1-12,14H,13H2,(H,28,29). The van der Waals surface area contributed by atoms with Crippen molar-refractivity contribution >= 4 is 57.5 Å². The third-order valence-electron chi connectivity index (χ3n) is 4.28. The number of hydrogen-bond donors (Lipinski definition) is 1. The van der Waals surface area contributed by atoms with Gasteiger partial charge >= 0.3 is 0 Å². The molecule has 0 aliphatic rings. The van der Waals surface area contributed by atoms with Crippen LogP contribution in [0, 0.1) is 0 Å². The molecule has 1 aromatic heterocycles. The first-order chi connectivity index (χ1) is 15.1. The van der Waals surface area contributed by atoms with E-state index in [0.29, 0.717) is 26.8 Å². The maximum atomic E-state index is 6.25. The summed E-state index contributed by atoms with van der Waals surface area (Å²) in [5.74, 6) is 0.782. The van der Waals surface area contributed by atoms with Crippen molar-refractivity contribution in [3.05, 3.63) is 98.3 Å². The predicted molar refractivity (Wildman–Crippen MR) is 131 cm³/mol. The Labute approximate surface area is 199 Å². The summed E-state index contributed by atoms with van der Waals surface area (Å²) in [6.07, 6.45) is 1.72. The maximum Gasteiger partial charge on any atom is 0.203 e. The van der Waals surface area contributed by atoms with Gasteiger partial charge in [-0.05, 0) is 65.7 Å². The van der Waals surface area contributed by atoms with Gasteiger partial charge in [0.15, 0.2) is 0 Å². The van der Waals surface area contributed by atoms with E-state index in [1.54, 1.807) is 18.3 Å². The molecular formula is C23H16Cl3N3OS. The molecule has 0 bridgehead atoms. The molecule has 1 N–H and O–H groups in total. The number of aromatic nitrogens is 1. The smallest absolute Gasteiger partial charge is 0.203 e. The third-order valence-corrected chi connectivity index (χ3v) is 5.83. The van der Waals surface area contributed by atoms with Crippen molar-refractivity contribution in [1.82, 2.24) is 4.98 Å². The second-order valence-electron chi connectivity index (χ2n) is 6.52. The molecule has 0 radical (unpaired) electrons. The number of benzene rings is 3. The molecule has 0 aliphatic carbocycles. The van der Waals surface area contributed by atoms with Gasteiger partial charge in [-0.3, -0.25) is 5.43 Å².